The minimum absolute atomic E-state index is 0.123. The molecule has 1 aliphatic heterocycles. The molecule has 0 bridgehead atoms. The van der Waals surface area contributed by atoms with Crippen molar-refractivity contribution in [2.24, 2.45) is 0 Å². The minimum Gasteiger partial charge on any atom is -0.450 e. The van der Waals surface area contributed by atoms with Gasteiger partial charge in [0.1, 0.15) is 0 Å². The highest BCUT2D eigenvalue weighted by atomic mass is 16.6. The van der Waals surface area contributed by atoms with E-state index in [9.17, 15) is 9.59 Å². The van der Waals surface area contributed by atoms with Crippen LogP contribution in [-0.4, -0.2) is 57.6 Å². The largest absolute Gasteiger partial charge is 0.450 e. The molecule has 0 radical (unpaired) electrons. The van der Waals surface area contributed by atoms with Gasteiger partial charge in [0.25, 0.3) is 5.91 Å². The summed E-state index contributed by atoms with van der Waals surface area (Å²) in [6.45, 7) is 3.21. The van der Waals surface area contributed by atoms with Crippen molar-refractivity contribution in [1.29, 1.82) is 0 Å². The Balaban J connectivity index is 1.63. The quantitative estimate of drug-likeness (QED) is 0.888. The number of carbonyl (C=O) groups is 2. The second-order valence-corrected chi connectivity index (χ2v) is 6.35. The van der Waals surface area contributed by atoms with Crippen molar-refractivity contribution in [2.45, 2.75) is 32.2 Å². The molecule has 0 aliphatic carbocycles. The summed E-state index contributed by atoms with van der Waals surface area (Å²) in [5.74, 6) is 0.269. The van der Waals surface area contributed by atoms with Gasteiger partial charge in [-0.1, -0.05) is 0 Å². The van der Waals surface area contributed by atoms with Crippen LogP contribution in [0.15, 0.2) is 36.9 Å². The van der Waals surface area contributed by atoms with Crippen molar-refractivity contribution in [3.8, 4) is 11.4 Å². The van der Waals surface area contributed by atoms with Crippen molar-refractivity contribution >= 4 is 12.0 Å². The van der Waals surface area contributed by atoms with Crippen molar-refractivity contribution in [1.82, 2.24) is 25.2 Å². The Kier molecular flexibility index (Phi) is 6.30. The average molecular weight is 369 g/mol. The number of amides is 2. The van der Waals surface area contributed by atoms with Gasteiger partial charge in [-0.2, -0.15) is 0 Å². The van der Waals surface area contributed by atoms with E-state index in [1.165, 1.54) is 12.4 Å². The third-order valence-corrected chi connectivity index (χ3v) is 4.37. The molecular weight excluding hydrogens is 346 g/mol. The predicted molar refractivity (Wildman–Crippen MR) is 99.0 cm³/mol. The molecule has 1 atom stereocenters. The number of rotatable bonds is 4. The van der Waals surface area contributed by atoms with Crippen molar-refractivity contribution in [3.63, 3.8) is 0 Å². The Morgan fingerprint density at radius 3 is 2.78 bits per heavy atom. The molecule has 0 unspecified atom stereocenters. The number of hydrogen-bond donors (Lipinski definition) is 1. The fraction of sp³-hybridized carbons (Fsp3) is 0.421. The van der Waals surface area contributed by atoms with Gasteiger partial charge in [-0.05, 0) is 38.3 Å². The molecule has 0 aromatic carbocycles. The molecule has 3 heterocycles. The van der Waals surface area contributed by atoms with Gasteiger partial charge in [-0.3, -0.25) is 9.78 Å². The maximum absolute atomic E-state index is 12.5. The highest BCUT2D eigenvalue weighted by molar-refractivity contribution is 5.94. The molecule has 8 heteroatoms. The van der Waals surface area contributed by atoms with Crippen LogP contribution in [0.5, 0.6) is 0 Å². The number of nitrogens with one attached hydrogen (secondary N) is 1. The summed E-state index contributed by atoms with van der Waals surface area (Å²) in [5.41, 5.74) is 1.17. The van der Waals surface area contributed by atoms with Gasteiger partial charge in [0, 0.05) is 49.5 Å². The fourth-order valence-electron chi connectivity index (χ4n) is 3.00. The summed E-state index contributed by atoms with van der Waals surface area (Å²) < 4.78 is 5.08. The van der Waals surface area contributed by atoms with Gasteiger partial charge in [-0.15, -0.1) is 0 Å². The third-order valence-electron chi connectivity index (χ3n) is 4.37. The van der Waals surface area contributed by atoms with Gasteiger partial charge in [-0.25, -0.2) is 14.8 Å². The number of aromatic nitrogens is 3. The molecular formula is C19H23N5O3. The van der Waals surface area contributed by atoms with E-state index in [-0.39, 0.29) is 18.0 Å². The molecule has 27 heavy (non-hydrogen) atoms. The van der Waals surface area contributed by atoms with E-state index in [1.807, 2.05) is 6.07 Å². The molecule has 2 amide bonds. The zero-order valence-corrected chi connectivity index (χ0v) is 15.3. The van der Waals surface area contributed by atoms with Gasteiger partial charge in [0.2, 0.25) is 0 Å². The Bertz CT molecular complexity index is 767. The minimum atomic E-state index is -0.331. The van der Waals surface area contributed by atoms with Crippen molar-refractivity contribution < 1.29 is 14.3 Å². The molecule has 2 aromatic heterocycles. The summed E-state index contributed by atoms with van der Waals surface area (Å²) in [6.07, 6.45) is 8.68. The van der Waals surface area contributed by atoms with Crippen LogP contribution in [0.3, 0.4) is 0 Å². The summed E-state index contributed by atoms with van der Waals surface area (Å²) in [4.78, 5) is 38.7. The lowest BCUT2D eigenvalue weighted by atomic mass is 10.1. The molecule has 1 fully saturated rings. The van der Waals surface area contributed by atoms with Gasteiger partial charge in [0.15, 0.2) is 5.82 Å². The molecule has 1 saturated heterocycles. The van der Waals surface area contributed by atoms with Crippen LogP contribution >= 0.6 is 0 Å². The zero-order chi connectivity index (χ0) is 19.1. The zero-order valence-electron chi connectivity index (χ0n) is 15.3. The van der Waals surface area contributed by atoms with E-state index in [1.54, 1.807) is 30.3 Å². The maximum atomic E-state index is 12.5. The van der Waals surface area contributed by atoms with Crippen LogP contribution in [0.2, 0.25) is 0 Å². The number of pyridine rings is 1. The third kappa shape index (κ3) is 4.99. The van der Waals surface area contributed by atoms with Gasteiger partial charge in [0.05, 0.1) is 12.2 Å². The van der Waals surface area contributed by atoms with Crippen molar-refractivity contribution in [2.75, 3.05) is 19.7 Å². The molecule has 0 saturated carbocycles. The lowest BCUT2D eigenvalue weighted by Gasteiger charge is -2.24. The lowest BCUT2D eigenvalue weighted by molar-refractivity contribution is 0.0895. The molecule has 1 aliphatic rings. The molecule has 2 aromatic rings. The van der Waals surface area contributed by atoms with E-state index in [4.69, 9.17) is 4.74 Å². The summed E-state index contributed by atoms with van der Waals surface area (Å²) in [5, 5.41) is 2.98. The molecule has 0 spiro atoms. The highest BCUT2D eigenvalue weighted by Crippen LogP contribution is 2.14. The maximum Gasteiger partial charge on any atom is 0.409 e. The number of likely N-dealkylation sites (tertiary alicyclic amines) is 1. The van der Waals surface area contributed by atoms with E-state index in [0.29, 0.717) is 31.1 Å². The first-order valence-corrected chi connectivity index (χ1v) is 9.12. The first-order chi connectivity index (χ1) is 13.2. The summed E-state index contributed by atoms with van der Waals surface area (Å²) in [6, 6.07) is 3.54. The average Bonchev–Trinajstić information content (AvgIpc) is 2.94. The van der Waals surface area contributed by atoms with E-state index in [0.717, 1.165) is 24.8 Å². The summed E-state index contributed by atoms with van der Waals surface area (Å²) >= 11 is 0. The Labute approximate surface area is 158 Å². The van der Waals surface area contributed by atoms with E-state index < -0.39 is 0 Å². The predicted octanol–water partition coefficient (Wildman–Crippen LogP) is 2.28. The number of ether oxygens (including phenoxy) is 1. The highest BCUT2D eigenvalue weighted by Gasteiger charge is 2.24. The number of nitrogens with zero attached hydrogens (tertiary/aromatic N) is 4. The van der Waals surface area contributed by atoms with Gasteiger partial charge < -0.3 is 15.0 Å². The molecule has 1 N–H and O–H groups in total. The number of carbonyl (C=O) groups excluding carboxylic acids is 2. The smallest absolute Gasteiger partial charge is 0.409 e. The SMILES string of the molecule is CCOC(=O)N1CCCC[C@@H](NC(=O)c2cnc(-c3cccnc3)nc2)C1. The lowest BCUT2D eigenvalue weighted by Crippen LogP contribution is -2.44. The topological polar surface area (TPSA) is 97.3 Å². The first kappa shape index (κ1) is 18.8. The second kappa shape index (κ2) is 9.07. The number of hydrogen-bond acceptors (Lipinski definition) is 6. The molecule has 142 valence electrons. The van der Waals surface area contributed by atoms with Crippen LogP contribution in [0.25, 0.3) is 11.4 Å². The fourth-order valence-corrected chi connectivity index (χ4v) is 3.00. The summed E-state index contributed by atoms with van der Waals surface area (Å²) in [7, 11) is 0. The van der Waals surface area contributed by atoms with Crippen LogP contribution in [0, 0.1) is 0 Å². The normalized spacial score (nSPS) is 17.1. The van der Waals surface area contributed by atoms with Crippen LogP contribution in [0.4, 0.5) is 4.79 Å². The van der Waals surface area contributed by atoms with Crippen molar-refractivity contribution in [3.05, 3.63) is 42.5 Å². The molecule has 3 rings (SSSR count). The first-order valence-electron chi connectivity index (χ1n) is 9.12. The Hall–Kier alpha value is -3.03. The monoisotopic (exact) mass is 369 g/mol. The van der Waals surface area contributed by atoms with E-state index >= 15 is 0 Å². The Morgan fingerprint density at radius 2 is 2.07 bits per heavy atom. The van der Waals surface area contributed by atoms with Gasteiger partial charge >= 0.3 is 6.09 Å². The molecule has 8 nitrogen and oxygen atoms in total. The van der Waals surface area contributed by atoms with E-state index in [2.05, 4.69) is 20.3 Å². The standard InChI is InChI=1S/C19H23N5O3/c1-2-27-19(26)24-9-4-3-7-16(13-24)23-18(25)15-11-21-17(22-12-15)14-6-5-8-20-10-14/h5-6,8,10-12,16H,2-4,7,9,13H2,1H3,(H,23,25)/t16-/m1/s1. The second-order valence-electron chi connectivity index (χ2n) is 6.35. The van der Waals surface area contributed by atoms with Crippen LogP contribution in [0.1, 0.15) is 36.5 Å². The Morgan fingerprint density at radius 1 is 1.26 bits per heavy atom. The van der Waals surface area contributed by atoms with Crippen LogP contribution < -0.4 is 5.32 Å². The van der Waals surface area contributed by atoms with Crippen LogP contribution in [-0.2, 0) is 4.74 Å².